The van der Waals surface area contributed by atoms with E-state index in [4.69, 9.17) is 11.1 Å². The van der Waals surface area contributed by atoms with Crippen molar-refractivity contribution in [3.05, 3.63) is 35.9 Å². The van der Waals surface area contributed by atoms with Gasteiger partial charge in [0.25, 0.3) is 0 Å². The number of nitrogens with two attached hydrogens (primary N) is 1. The molecule has 0 unspecified atom stereocenters. The zero-order chi connectivity index (χ0) is 19.5. The molecule has 0 aliphatic heterocycles. The second-order valence-corrected chi connectivity index (χ2v) is 6.17. The molecule has 0 aromatic heterocycles. The molecule has 0 radical (unpaired) electrons. The summed E-state index contributed by atoms with van der Waals surface area (Å²) in [6.07, 6.45) is 1.04. The third-order valence-electron chi connectivity index (χ3n) is 3.73. The first-order valence-corrected chi connectivity index (χ1v) is 8.44. The van der Waals surface area contributed by atoms with E-state index in [9.17, 15) is 14.4 Å². The predicted octanol–water partition coefficient (Wildman–Crippen LogP) is 0.138. The molecular formula is C18H27N5O3. The number of carbonyl (C=O) groups is 3. The van der Waals surface area contributed by atoms with E-state index in [0.29, 0.717) is 24.9 Å². The van der Waals surface area contributed by atoms with Gasteiger partial charge >= 0.3 is 0 Å². The Morgan fingerprint density at radius 1 is 1.19 bits per heavy atom. The maximum atomic E-state index is 12.1. The molecule has 0 aliphatic rings. The monoisotopic (exact) mass is 361 g/mol. The van der Waals surface area contributed by atoms with Crippen LogP contribution in [0.4, 0.5) is 0 Å². The van der Waals surface area contributed by atoms with Crippen molar-refractivity contribution < 1.29 is 14.4 Å². The van der Waals surface area contributed by atoms with E-state index in [1.54, 1.807) is 36.2 Å². The van der Waals surface area contributed by atoms with Crippen LogP contribution in [-0.4, -0.2) is 61.1 Å². The summed E-state index contributed by atoms with van der Waals surface area (Å²) in [7, 11) is 1.68. The van der Waals surface area contributed by atoms with E-state index in [0.717, 1.165) is 0 Å². The number of amides is 1. The van der Waals surface area contributed by atoms with E-state index in [-0.39, 0.29) is 36.5 Å². The minimum Gasteiger partial charge on any atom is -0.370 e. The van der Waals surface area contributed by atoms with Crippen molar-refractivity contribution >= 4 is 23.4 Å². The molecule has 0 heterocycles. The highest BCUT2D eigenvalue weighted by atomic mass is 16.2. The van der Waals surface area contributed by atoms with E-state index < -0.39 is 6.04 Å². The topological polar surface area (TPSA) is 128 Å². The Bertz CT molecular complexity index is 633. The first kappa shape index (κ1) is 21.3. The van der Waals surface area contributed by atoms with Gasteiger partial charge in [-0.3, -0.25) is 24.7 Å². The zero-order valence-corrected chi connectivity index (χ0v) is 15.2. The lowest BCUT2D eigenvalue weighted by Crippen LogP contribution is -2.45. The first-order valence-electron chi connectivity index (χ1n) is 8.44. The summed E-state index contributed by atoms with van der Waals surface area (Å²) in [5, 5.41) is 12.4. The smallest absolute Gasteiger partial charge is 0.234 e. The molecule has 1 atom stereocenters. The fourth-order valence-corrected chi connectivity index (χ4v) is 2.41. The number of nitrogens with zero attached hydrogens (tertiary/aromatic N) is 1. The van der Waals surface area contributed by atoms with Gasteiger partial charge in [0.1, 0.15) is 0 Å². The molecule has 0 bridgehead atoms. The van der Waals surface area contributed by atoms with Gasteiger partial charge in [0.2, 0.25) is 5.91 Å². The Hall–Kier alpha value is -2.74. The van der Waals surface area contributed by atoms with Crippen molar-refractivity contribution in [1.82, 2.24) is 15.5 Å². The summed E-state index contributed by atoms with van der Waals surface area (Å²) >= 11 is 0. The summed E-state index contributed by atoms with van der Waals surface area (Å²) in [6.45, 7) is 2.02. The lowest BCUT2D eigenvalue weighted by Gasteiger charge is -2.19. The molecular weight excluding hydrogens is 334 g/mol. The van der Waals surface area contributed by atoms with Crippen molar-refractivity contribution in [2.75, 3.05) is 26.7 Å². The normalized spacial score (nSPS) is 11.7. The second-order valence-electron chi connectivity index (χ2n) is 6.17. The van der Waals surface area contributed by atoms with Gasteiger partial charge in [0.05, 0.1) is 19.1 Å². The van der Waals surface area contributed by atoms with Crippen LogP contribution in [-0.2, 0) is 9.59 Å². The number of hydrogen-bond acceptors (Lipinski definition) is 5. The Morgan fingerprint density at radius 3 is 2.42 bits per heavy atom. The quantitative estimate of drug-likeness (QED) is 0.192. The molecule has 5 N–H and O–H groups in total. The predicted molar refractivity (Wildman–Crippen MR) is 100 cm³/mol. The number of Topliss-reactive ketones (excluding diaryl/α,β-unsaturated/α-hetero) is 2. The Morgan fingerprint density at radius 2 is 1.85 bits per heavy atom. The van der Waals surface area contributed by atoms with Crippen LogP contribution in [0.3, 0.4) is 0 Å². The van der Waals surface area contributed by atoms with Crippen LogP contribution >= 0.6 is 0 Å². The van der Waals surface area contributed by atoms with Crippen molar-refractivity contribution in [3.63, 3.8) is 0 Å². The molecule has 0 saturated heterocycles. The molecule has 8 heteroatoms. The molecule has 1 aromatic rings. The fraction of sp³-hybridized carbons (Fsp3) is 0.444. The molecule has 26 heavy (non-hydrogen) atoms. The summed E-state index contributed by atoms with van der Waals surface area (Å²) in [5.41, 5.74) is 5.79. The van der Waals surface area contributed by atoms with Gasteiger partial charge in [-0.05, 0) is 26.8 Å². The molecule has 0 aliphatic carbocycles. The molecule has 1 aromatic carbocycles. The highest BCUT2D eigenvalue weighted by molar-refractivity contribution is 5.97. The van der Waals surface area contributed by atoms with E-state index in [2.05, 4.69) is 10.6 Å². The highest BCUT2D eigenvalue weighted by Gasteiger charge is 2.18. The molecule has 0 saturated carbocycles. The van der Waals surface area contributed by atoms with Gasteiger partial charge in [-0.15, -0.1) is 0 Å². The van der Waals surface area contributed by atoms with Crippen LogP contribution in [0.25, 0.3) is 0 Å². The number of hydrogen-bond donors (Lipinski definition) is 4. The van der Waals surface area contributed by atoms with Gasteiger partial charge in [0, 0.05) is 12.1 Å². The molecule has 1 rings (SSSR count). The zero-order valence-electron chi connectivity index (χ0n) is 15.2. The first-order chi connectivity index (χ1) is 12.3. The summed E-state index contributed by atoms with van der Waals surface area (Å²) in [5.74, 6) is -0.644. The van der Waals surface area contributed by atoms with Crippen LogP contribution < -0.4 is 16.4 Å². The van der Waals surface area contributed by atoms with Gasteiger partial charge in [-0.1, -0.05) is 30.3 Å². The fourth-order valence-electron chi connectivity index (χ4n) is 2.41. The average Bonchev–Trinajstić information content (AvgIpc) is 2.57. The van der Waals surface area contributed by atoms with Gasteiger partial charge in [-0.25, -0.2) is 0 Å². The minimum atomic E-state index is -0.588. The Balaban J connectivity index is 2.42. The number of ketones is 2. The van der Waals surface area contributed by atoms with Crippen LogP contribution in [0, 0.1) is 5.41 Å². The third kappa shape index (κ3) is 8.39. The van der Waals surface area contributed by atoms with Crippen LogP contribution in [0.2, 0.25) is 0 Å². The Kier molecular flexibility index (Phi) is 9.00. The average molecular weight is 361 g/mol. The molecule has 0 fully saturated rings. The summed E-state index contributed by atoms with van der Waals surface area (Å²) in [4.78, 5) is 37.6. The van der Waals surface area contributed by atoms with Crippen molar-refractivity contribution in [3.8, 4) is 0 Å². The lowest BCUT2D eigenvalue weighted by molar-refractivity contribution is -0.127. The van der Waals surface area contributed by atoms with Crippen molar-refractivity contribution in [2.45, 2.75) is 25.8 Å². The number of benzene rings is 1. The molecule has 8 nitrogen and oxygen atoms in total. The lowest BCUT2D eigenvalue weighted by atomic mass is 10.1. The number of carbonyl (C=O) groups excluding carboxylic acids is 3. The number of rotatable bonds is 11. The van der Waals surface area contributed by atoms with Gasteiger partial charge in [0.15, 0.2) is 17.5 Å². The van der Waals surface area contributed by atoms with Gasteiger partial charge < -0.3 is 16.4 Å². The summed E-state index contributed by atoms with van der Waals surface area (Å²) in [6, 6.07) is 8.29. The van der Waals surface area contributed by atoms with E-state index >= 15 is 0 Å². The van der Waals surface area contributed by atoms with Gasteiger partial charge in [-0.2, -0.15) is 0 Å². The van der Waals surface area contributed by atoms with Crippen LogP contribution in [0.5, 0.6) is 0 Å². The van der Waals surface area contributed by atoms with Crippen molar-refractivity contribution in [2.24, 2.45) is 5.73 Å². The standard InChI is InChI=1S/C18H27N5O3/c1-13(24)15(9-6-10-21-18(19)20)22-17(26)12-23(2)11-16(25)14-7-4-3-5-8-14/h3-5,7-8,15H,6,9-12H2,1-2H3,(H,22,26)(H4,19,20,21)/t15-/m0/s1. The van der Waals surface area contributed by atoms with E-state index in [1.165, 1.54) is 6.92 Å². The van der Waals surface area contributed by atoms with Crippen molar-refractivity contribution in [1.29, 1.82) is 5.41 Å². The minimum absolute atomic E-state index is 0.0219. The highest BCUT2D eigenvalue weighted by Crippen LogP contribution is 2.02. The van der Waals surface area contributed by atoms with Crippen LogP contribution in [0.15, 0.2) is 30.3 Å². The van der Waals surface area contributed by atoms with Crippen LogP contribution in [0.1, 0.15) is 30.1 Å². The number of guanidine groups is 1. The third-order valence-corrected chi connectivity index (χ3v) is 3.73. The molecule has 1 amide bonds. The van der Waals surface area contributed by atoms with E-state index in [1.807, 2.05) is 6.07 Å². The maximum absolute atomic E-state index is 12.1. The maximum Gasteiger partial charge on any atom is 0.234 e. The SMILES string of the molecule is CC(=O)[C@H](CCCNC(=N)N)NC(=O)CN(C)CC(=O)c1ccccc1. The number of nitrogens with one attached hydrogen (secondary N) is 3. The molecule has 142 valence electrons. The summed E-state index contributed by atoms with van der Waals surface area (Å²) < 4.78 is 0. The Labute approximate surface area is 153 Å². The second kappa shape index (κ2) is 11.0. The number of likely N-dealkylation sites (N-methyl/N-ethyl adjacent to an activating group) is 1. The largest absolute Gasteiger partial charge is 0.370 e. The molecule has 0 spiro atoms.